The molecule has 0 spiro atoms. The third-order valence-corrected chi connectivity index (χ3v) is 4.68. The molecule has 0 aliphatic carbocycles. The summed E-state index contributed by atoms with van der Waals surface area (Å²) >= 11 is 0. The summed E-state index contributed by atoms with van der Waals surface area (Å²) < 4.78 is 0. The van der Waals surface area contributed by atoms with Gasteiger partial charge in [0.2, 0.25) is 0 Å². The highest BCUT2D eigenvalue weighted by Crippen LogP contribution is 2.32. The molecular weight excluding hydrogens is 300 g/mol. The maximum absolute atomic E-state index is 12.9. The van der Waals surface area contributed by atoms with E-state index in [-0.39, 0.29) is 5.91 Å². The molecule has 1 saturated heterocycles. The first-order chi connectivity index (χ1) is 11.5. The van der Waals surface area contributed by atoms with E-state index in [1.54, 1.807) is 4.90 Å². The number of hydrogen-bond acceptors (Lipinski definition) is 3. The molecule has 1 N–H and O–H groups in total. The Morgan fingerprint density at radius 3 is 2.58 bits per heavy atom. The molecule has 4 nitrogen and oxygen atoms in total. The molecule has 1 atom stereocenters. The predicted molar refractivity (Wildman–Crippen MR) is 96.2 cm³/mol. The van der Waals surface area contributed by atoms with Crippen LogP contribution in [0.25, 0.3) is 0 Å². The Hall–Kier alpha value is -2.33. The predicted octanol–water partition coefficient (Wildman–Crippen LogP) is 2.88. The normalized spacial score (nSPS) is 20.7. The summed E-state index contributed by atoms with van der Waals surface area (Å²) in [6, 6.07) is 17.3. The van der Waals surface area contributed by atoms with Gasteiger partial charge in [0.1, 0.15) is 5.60 Å². The van der Waals surface area contributed by atoms with Gasteiger partial charge in [-0.05, 0) is 36.6 Å². The van der Waals surface area contributed by atoms with Gasteiger partial charge in [-0.15, -0.1) is 0 Å². The van der Waals surface area contributed by atoms with Gasteiger partial charge >= 0.3 is 0 Å². The van der Waals surface area contributed by atoms with Gasteiger partial charge in [-0.25, -0.2) is 0 Å². The van der Waals surface area contributed by atoms with Crippen molar-refractivity contribution in [3.63, 3.8) is 0 Å². The molecule has 4 heteroatoms. The molecule has 1 aliphatic heterocycles. The van der Waals surface area contributed by atoms with Crippen LogP contribution in [0.4, 0.5) is 5.69 Å². The van der Waals surface area contributed by atoms with Crippen molar-refractivity contribution >= 4 is 11.6 Å². The molecule has 3 rings (SSSR count). The molecule has 0 saturated carbocycles. The van der Waals surface area contributed by atoms with Crippen LogP contribution in [-0.2, 0) is 5.60 Å². The number of benzene rings is 2. The van der Waals surface area contributed by atoms with E-state index < -0.39 is 5.60 Å². The van der Waals surface area contributed by atoms with Crippen molar-refractivity contribution in [2.24, 2.45) is 0 Å². The number of aliphatic hydroxyl groups is 1. The maximum atomic E-state index is 12.9. The van der Waals surface area contributed by atoms with E-state index in [2.05, 4.69) is 0 Å². The molecule has 1 aliphatic rings. The highest BCUT2D eigenvalue weighted by molar-refractivity contribution is 5.95. The standard InChI is InChI=1S/C20H24N2O2/c1-21(2)18-11-6-8-16(14-18)19(23)22-13-7-12-20(24,15-22)17-9-4-3-5-10-17/h3-6,8-11,14,24H,7,12-13,15H2,1-2H3. The van der Waals surface area contributed by atoms with E-state index in [0.29, 0.717) is 25.1 Å². The van der Waals surface area contributed by atoms with Crippen molar-refractivity contribution in [3.8, 4) is 0 Å². The second kappa shape index (κ2) is 6.65. The highest BCUT2D eigenvalue weighted by Gasteiger charge is 2.36. The molecule has 1 heterocycles. The van der Waals surface area contributed by atoms with Gasteiger partial charge in [0.15, 0.2) is 0 Å². The van der Waals surface area contributed by atoms with Crippen molar-refractivity contribution in [1.82, 2.24) is 4.90 Å². The number of piperidine rings is 1. The fourth-order valence-corrected chi connectivity index (χ4v) is 3.29. The van der Waals surface area contributed by atoms with Gasteiger partial charge in [0.25, 0.3) is 5.91 Å². The molecule has 0 radical (unpaired) electrons. The summed E-state index contributed by atoms with van der Waals surface area (Å²) in [5, 5.41) is 11.0. The Balaban J connectivity index is 1.82. The zero-order valence-corrected chi connectivity index (χ0v) is 14.3. The molecule has 24 heavy (non-hydrogen) atoms. The number of β-amino-alcohol motifs (C(OH)–C–C–N with tert-alkyl or cyclic N) is 1. The van der Waals surface area contributed by atoms with Crippen molar-refractivity contribution in [2.45, 2.75) is 18.4 Å². The number of hydrogen-bond donors (Lipinski definition) is 1. The second-order valence-corrected chi connectivity index (χ2v) is 6.67. The lowest BCUT2D eigenvalue weighted by molar-refractivity contribution is -0.0289. The number of carbonyl (C=O) groups excluding carboxylic acids is 1. The molecular formula is C20H24N2O2. The van der Waals surface area contributed by atoms with E-state index >= 15 is 0 Å². The Kier molecular flexibility index (Phi) is 4.58. The molecule has 2 aromatic carbocycles. The van der Waals surface area contributed by atoms with E-state index in [9.17, 15) is 9.90 Å². The smallest absolute Gasteiger partial charge is 0.254 e. The monoisotopic (exact) mass is 324 g/mol. The van der Waals surface area contributed by atoms with Crippen LogP contribution < -0.4 is 4.90 Å². The van der Waals surface area contributed by atoms with Crippen LogP contribution in [0.3, 0.4) is 0 Å². The average molecular weight is 324 g/mol. The van der Waals surface area contributed by atoms with Crippen molar-refractivity contribution < 1.29 is 9.90 Å². The Bertz CT molecular complexity index is 715. The lowest BCUT2D eigenvalue weighted by atomic mass is 9.85. The number of carbonyl (C=O) groups is 1. The SMILES string of the molecule is CN(C)c1cccc(C(=O)N2CCCC(O)(c3ccccc3)C2)c1. The third kappa shape index (κ3) is 3.29. The Morgan fingerprint density at radius 1 is 1.12 bits per heavy atom. The van der Waals surface area contributed by atoms with Crippen LogP contribution in [0.5, 0.6) is 0 Å². The zero-order valence-electron chi connectivity index (χ0n) is 14.3. The van der Waals surface area contributed by atoms with Gasteiger partial charge in [-0.3, -0.25) is 4.79 Å². The average Bonchev–Trinajstić information content (AvgIpc) is 2.62. The molecule has 0 bridgehead atoms. The minimum atomic E-state index is -0.964. The largest absolute Gasteiger partial charge is 0.383 e. The van der Waals surface area contributed by atoms with Crippen LogP contribution in [0.2, 0.25) is 0 Å². The van der Waals surface area contributed by atoms with Crippen LogP contribution >= 0.6 is 0 Å². The van der Waals surface area contributed by atoms with Crippen molar-refractivity contribution in [2.75, 3.05) is 32.1 Å². The third-order valence-electron chi connectivity index (χ3n) is 4.68. The molecule has 1 amide bonds. The van der Waals surface area contributed by atoms with E-state index in [0.717, 1.165) is 17.7 Å². The number of nitrogens with zero attached hydrogens (tertiary/aromatic N) is 2. The van der Waals surface area contributed by atoms with Crippen LogP contribution in [0, 0.1) is 0 Å². The van der Waals surface area contributed by atoms with E-state index in [1.165, 1.54) is 0 Å². The second-order valence-electron chi connectivity index (χ2n) is 6.67. The minimum Gasteiger partial charge on any atom is -0.383 e. The summed E-state index contributed by atoms with van der Waals surface area (Å²) in [6.45, 7) is 1.02. The summed E-state index contributed by atoms with van der Waals surface area (Å²) in [5.74, 6) is -0.0206. The fraction of sp³-hybridized carbons (Fsp3) is 0.350. The van der Waals surface area contributed by atoms with Crippen LogP contribution in [0.1, 0.15) is 28.8 Å². The number of amides is 1. The van der Waals surface area contributed by atoms with E-state index in [1.807, 2.05) is 73.6 Å². The Labute approximate surface area is 143 Å². The first-order valence-corrected chi connectivity index (χ1v) is 8.34. The summed E-state index contributed by atoms with van der Waals surface area (Å²) in [5.41, 5.74) is 1.58. The van der Waals surface area contributed by atoms with Crippen molar-refractivity contribution in [3.05, 3.63) is 65.7 Å². The van der Waals surface area contributed by atoms with Crippen LogP contribution in [-0.4, -0.2) is 43.1 Å². The van der Waals surface area contributed by atoms with Gasteiger partial charge in [0.05, 0.1) is 6.54 Å². The molecule has 2 aromatic rings. The summed E-state index contributed by atoms with van der Waals surface area (Å²) in [7, 11) is 3.91. The first kappa shape index (κ1) is 16.5. The fourth-order valence-electron chi connectivity index (χ4n) is 3.29. The zero-order chi connectivity index (χ0) is 17.2. The topological polar surface area (TPSA) is 43.8 Å². The van der Waals surface area contributed by atoms with Gasteiger partial charge in [-0.2, -0.15) is 0 Å². The number of likely N-dealkylation sites (tertiary alicyclic amines) is 1. The molecule has 126 valence electrons. The Morgan fingerprint density at radius 2 is 1.88 bits per heavy atom. The summed E-state index contributed by atoms with van der Waals surface area (Å²) in [4.78, 5) is 16.6. The maximum Gasteiger partial charge on any atom is 0.254 e. The lowest BCUT2D eigenvalue weighted by Crippen LogP contribution is -2.48. The minimum absolute atomic E-state index is 0.0206. The molecule has 1 unspecified atom stereocenters. The summed E-state index contributed by atoms with van der Waals surface area (Å²) in [6.07, 6.45) is 1.48. The number of rotatable bonds is 3. The van der Waals surface area contributed by atoms with Gasteiger partial charge < -0.3 is 14.9 Å². The first-order valence-electron chi connectivity index (χ1n) is 8.34. The lowest BCUT2D eigenvalue weighted by Gasteiger charge is -2.39. The molecule has 0 aromatic heterocycles. The number of anilines is 1. The van der Waals surface area contributed by atoms with Crippen LogP contribution in [0.15, 0.2) is 54.6 Å². The van der Waals surface area contributed by atoms with Gasteiger partial charge in [-0.1, -0.05) is 36.4 Å². The molecule has 1 fully saturated rings. The van der Waals surface area contributed by atoms with E-state index in [4.69, 9.17) is 0 Å². The van der Waals surface area contributed by atoms with Crippen molar-refractivity contribution in [1.29, 1.82) is 0 Å². The quantitative estimate of drug-likeness (QED) is 0.944. The highest BCUT2D eigenvalue weighted by atomic mass is 16.3. The van der Waals surface area contributed by atoms with Gasteiger partial charge in [0, 0.05) is 31.9 Å².